The van der Waals surface area contributed by atoms with Crippen molar-refractivity contribution in [2.75, 3.05) is 0 Å². The number of aromatic nitrogens is 2. The molecule has 0 aliphatic rings. The third-order valence-electron chi connectivity index (χ3n) is 6.79. The molecule has 0 aliphatic heterocycles. The fourth-order valence-electron chi connectivity index (χ4n) is 4.78. The second kappa shape index (κ2) is 11.1. The number of carbonyl (C=O) groups excluding carboxylic acids is 1. The predicted octanol–water partition coefficient (Wildman–Crippen LogP) is 5.11. The van der Waals surface area contributed by atoms with E-state index in [4.69, 9.17) is 0 Å². The molecule has 0 bridgehead atoms. The molecule has 7 nitrogen and oxygen atoms in total. The highest BCUT2D eigenvalue weighted by Crippen LogP contribution is 2.35. The average Bonchev–Trinajstić information content (AvgIpc) is 2.94. The Morgan fingerprint density at radius 3 is 2.20 bits per heavy atom. The minimum absolute atomic E-state index is 0.211. The number of carboxylic acids is 1. The number of rotatable bonds is 7. The van der Waals surface area contributed by atoms with Crippen molar-refractivity contribution in [1.82, 2.24) is 15.1 Å². The molecule has 206 valence electrons. The minimum Gasteiger partial charge on any atom is -0.480 e. The van der Waals surface area contributed by atoms with Gasteiger partial charge in [0, 0.05) is 19.0 Å². The van der Waals surface area contributed by atoms with E-state index in [0.29, 0.717) is 38.6 Å². The van der Waals surface area contributed by atoms with Crippen molar-refractivity contribution in [3.05, 3.63) is 124 Å². The number of hydrogen-bond acceptors (Lipinski definition) is 4. The number of halogens is 3. The smallest absolute Gasteiger partial charge is 0.326 e. The topological polar surface area (TPSA) is 101 Å². The lowest BCUT2D eigenvalue weighted by molar-refractivity contribution is -0.139. The van der Waals surface area contributed by atoms with Crippen LogP contribution in [0, 0.1) is 17.5 Å². The first-order chi connectivity index (χ1) is 19.7. The maximum absolute atomic E-state index is 14.1. The second-order valence-electron chi connectivity index (χ2n) is 9.35. The van der Waals surface area contributed by atoms with E-state index in [1.54, 1.807) is 48.5 Å². The van der Waals surface area contributed by atoms with Gasteiger partial charge in [0.05, 0.1) is 11.8 Å². The highest BCUT2D eigenvalue weighted by Gasteiger charge is 2.26. The zero-order valence-corrected chi connectivity index (χ0v) is 21.6. The summed E-state index contributed by atoms with van der Waals surface area (Å²) in [5.74, 6) is -5.25. The van der Waals surface area contributed by atoms with Crippen LogP contribution in [0.3, 0.4) is 0 Å². The van der Waals surface area contributed by atoms with Gasteiger partial charge in [-0.2, -0.15) is 5.10 Å². The van der Waals surface area contributed by atoms with Crippen LogP contribution in [-0.4, -0.2) is 32.8 Å². The molecule has 41 heavy (non-hydrogen) atoms. The van der Waals surface area contributed by atoms with Crippen molar-refractivity contribution in [1.29, 1.82) is 0 Å². The molecule has 0 spiro atoms. The fourth-order valence-corrected chi connectivity index (χ4v) is 4.78. The molecule has 0 saturated carbocycles. The Morgan fingerprint density at radius 1 is 0.878 bits per heavy atom. The van der Waals surface area contributed by atoms with Gasteiger partial charge in [-0.3, -0.25) is 9.59 Å². The van der Waals surface area contributed by atoms with E-state index in [1.165, 1.54) is 30.1 Å². The molecule has 1 aromatic heterocycles. The SMILES string of the molecule is Cn1ncc(-c2ccc(F)cc2)c(-c2cccc3c(C[C@H](NC(=O)c4c(F)cccc4F)C(=O)O)cccc23)c1=O. The van der Waals surface area contributed by atoms with E-state index in [9.17, 15) is 32.7 Å². The van der Waals surface area contributed by atoms with Crippen LogP contribution >= 0.6 is 0 Å². The zero-order valence-electron chi connectivity index (χ0n) is 21.6. The number of aliphatic carboxylic acids is 1. The first-order valence-corrected chi connectivity index (χ1v) is 12.5. The molecule has 5 rings (SSSR count). The zero-order chi connectivity index (χ0) is 29.3. The van der Waals surface area contributed by atoms with Gasteiger partial charge in [0.25, 0.3) is 11.5 Å². The summed E-state index contributed by atoms with van der Waals surface area (Å²) in [5.41, 5.74) is 1.15. The van der Waals surface area contributed by atoms with Gasteiger partial charge in [-0.1, -0.05) is 54.6 Å². The molecule has 0 aliphatic carbocycles. The van der Waals surface area contributed by atoms with Crippen LogP contribution in [0.4, 0.5) is 13.2 Å². The second-order valence-corrected chi connectivity index (χ2v) is 9.35. The number of amides is 1. The molecule has 1 heterocycles. The lowest BCUT2D eigenvalue weighted by Crippen LogP contribution is -2.43. The quantitative estimate of drug-likeness (QED) is 0.290. The normalized spacial score (nSPS) is 11.8. The van der Waals surface area contributed by atoms with Crippen molar-refractivity contribution < 1.29 is 27.9 Å². The number of benzene rings is 4. The van der Waals surface area contributed by atoms with Crippen LogP contribution in [-0.2, 0) is 18.3 Å². The molecule has 1 atom stereocenters. The molecule has 0 unspecified atom stereocenters. The van der Waals surface area contributed by atoms with E-state index in [0.717, 1.165) is 18.2 Å². The maximum Gasteiger partial charge on any atom is 0.326 e. The number of carboxylic acid groups (broad SMARTS) is 1. The number of aryl methyl sites for hydroxylation is 1. The summed E-state index contributed by atoms with van der Waals surface area (Å²) < 4.78 is 43.1. The molecule has 0 fully saturated rings. The van der Waals surface area contributed by atoms with Crippen molar-refractivity contribution in [2.24, 2.45) is 7.05 Å². The Bertz CT molecular complexity index is 1850. The van der Waals surface area contributed by atoms with Gasteiger partial charge in [-0.15, -0.1) is 0 Å². The Kier molecular flexibility index (Phi) is 7.39. The lowest BCUT2D eigenvalue weighted by atomic mass is 9.90. The third kappa shape index (κ3) is 5.31. The first kappa shape index (κ1) is 27.3. The highest BCUT2D eigenvalue weighted by atomic mass is 19.1. The van der Waals surface area contributed by atoms with Gasteiger partial charge in [0.2, 0.25) is 0 Å². The Labute approximate surface area is 231 Å². The van der Waals surface area contributed by atoms with E-state index >= 15 is 0 Å². The third-order valence-corrected chi connectivity index (χ3v) is 6.79. The van der Waals surface area contributed by atoms with Crippen LogP contribution in [0.1, 0.15) is 15.9 Å². The summed E-state index contributed by atoms with van der Waals surface area (Å²) in [4.78, 5) is 38.1. The fraction of sp³-hybridized carbons (Fsp3) is 0.0968. The van der Waals surface area contributed by atoms with E-state index < -0.39 is 46.5 Å². The van der Waals surface area contributed by atoms with E-state index in [1.807, 2.05) is 0 Å². The van der Waals surface area contributed by atoms with E-state index in [2.05, 4.69) is 10.4 Å². The van der Waals surface area contributed by atoms with Gasteiger partial charge < -0.3 is 10.4 Å². The highest BCUT2D eigenvalue weighted by molar-refractivity contribution is 6.02. The molecule has 2 N–H and O–H groups in total. The molecular weight excluding hydrogens is 535 g/mol. The number of hydrogen-bond donors (Lipinski definition) is 2. The van der Waals surface area contributed by atoms with Gasteiger partial charge >= 0.3 is 5.97 Å². The van der Waals surface area contributed by atoms with Crippen LogP contribution in [0.5, 0.6) is 0 Å². The molecule has 0 radical (unpaired) electrons. The van der Waals surface area contributed by atoms with E-state index in [-0.39, 0.29) is 6.42 Å². The van der Waals surface area contributed by atoms with Crippen LogP contribution in [0.15, 0.2) is 89.9 Å². The number of nitrogens with zero attached hydrogens (tertiary/aromatic N) is 2. The van der Waals surface area contributed by atoms with Crippen LogP contribution in [0.2, 0.25) is 0 Å². The molecular formula is C31H22F3N3O4. The van der Waals surface area contributed by atoms with Crippen molar-refractivity contribution in [3.8, 4) is 22.3 Å². The summed E-state index contributed by atoms with van der Waals surface area (Å²) in [6.45, 7) is 0. The van der Waals surface area contributed by atoms with Gasteiger partial charge in [-0.05, 0) is 51.7 Å². The van der Waals surface area contributed by atoms with Crippen molar-refractivity contribution >= 4 is 22.6 Å². The molecule has 10 heteroatoms. The summed E-state index contributed by atoms with van der Waals surface area (Å²) in [6.07, 6.45) is 1.31. The first-order valence-electron chi connectivity index (χ1n) is 12.5. The summed E-state index contributed by atoms with van der Waals surface area (Å²) in [6, 6.07) is 17.4. The Balaban J connectivity index is 1.59. The Hall–Kier alpha value is -5.25. The standard InChI is InChI=1S/C31H22F3N3O4/c1-37-30(39)27(23(16-35-37)17-11-13-19(32)14-12-17)22-8-3-6-20-18(5-2-7-21(20)22)15-26(31(40)41)36-29(38)28-24(33)9-4-10-25(28)34/h2-14,16,26H,15H2,1H3,(H,36,38)(H,40,41)/t26-/m0/s1. The van der Waals surface area contributed by atoms with Crippen LogP contribution < -0.4 is 10.9 Å². The molecule has 5 aromatic rings. The number of fused-ring (bicyclic) bond motifs is 1. The predicted molar refractivity (Wildman–Crippen MR) is 147 cm³/mol. The van der Waals surface area contributed by atoms with Crippen molar-refractivity contribution in [2.45, 2.75) is 12.5 Å². The maximum atomic E-state index is 14.1. The number of carbonyl (C=O) groups is 2. The average molecular weight is 558 g/mol. The van der Waals surface area contributed by atoms with Gasteiger partial charge in [0.1, 0.15) is 29.1 Å². The molecule has 4 aromatic carbocycles. The summed E-state index contributed by atoms with van der Waals surface area (Å²) in [5, 5.41) is 17.4. The monoisotopic (exact) mass is 557 g/mol. The van der Waals surface area contributed by atoms with Crippen LogP contribution in [0.25, 0.3) is 33.0 Å². The lowest BCUT2D eigenvalue weighted by Gasteiger charge is -2.18. The molecule has 0 saturated heterocycles. The van der Waals surface area contributed by atoms with Gasteiger partial charge in [0.15, 0.2) is 0 Å². The summed E-state index contributed by atoms with van der Waals surface area (Å²) in [7, 11) is 1.51. The minimum atomic E-state index is -1.51. The van der Waals surface area contributed by atoms with Gasteiger partial charge in [-0.25, -0.2) is 22.6 Å². The van der Waals surface area contributed by atoms with Crippen molar-refractivity contribution in [3.63, 3.8) is 0 Å². The summed E-state index contributed by atoms with van der Waals surface area (Å²) >= 11 is 0. The Morgan fingerprint density at radius 2 is 1.51 bits per heavy atom. The number of nitrogens with one attached hydrogen (secondary N) is 1. The molecule has 1 amide bonds. The largest absolute Gasteiger partial charge is 0.480 e.